The summed E-state index contributed by atoms with van der Waals surface area (Å²) in [6.07, 6.45) is 0. The summed E-state index contributed by atoms with van der Waals surface area (Å²) in [4.78, 5) is 14.6. The van der Waals surface area contributed by atoms with E-state index in [1.165, 1.54) is 16.4 Å². The van der Waals surface area contributed by atoms with E-state index >= 15 is 0 Å². The van der Waals surface area contributed by atoms with Crippen molar-refractivity contribution in [1.82, 2.24) is 4.31 Å². The second-order valence-corrected chi connectivity index (χ2v) is 10.3. The number of rotatable bonds is 5. The van der Waals surface area contributed by atoms with Crippen molar-refractivity contribution in [2.45, 2.75) is 24.8 Å². The van der Waals surface area contributed by atoms with Gasteiger partial charge in [-0.25, -0.2) is 17.2 Å². The molecule has 0 spiro atoms. The zero-order valence-electron chi connectivity index (χ0n) is 18.8. The Balaban J connectivity index is 1.52. The number of hydrogen-bond acceptors (Lipinski definition) is 4. The molecule has 1 unspecified atom stereocenters. The number of benzene rings is 3. The van der Waals surface area contributed by atoms with Crippen LogP contribution in [0.5, 0.6) is 0 Å². The fourth-order valence-corrected chi connectivity index (χ4v) is 5.52. The van der Waals surface area contributed by atoms with E-state index in [1.54, 1.807) is 0 Å². The average molecular weight is 486 g/mol. The third kappa shape index (κ3) is 4.95. The first-order valence-electron chi connectivity index (χ1n) is 10.8. The second kappa shape index (κ2) is 9.52. The lowest BCUT2D eigenvalue weighted by Gasteiger charge is -2.40. The first-order valence-corrected chi connectivity index (χ1v) is 12.3. The molecule has 3 aromatic rings. The lowest BCUT2D eigenvalue weighted by molar-refractivity contribution is 0.102. The van der Waals surface area contributed by atoms with Crippen molar-refractivity contribution in [3.63, 3.8) is 0 Å². The van der Waals surface area contributed by atoms with Gasteiger partial charge in [0, 0.05) is 37.1 Å². The lowest BCUT2D eigenvalue weighted by Crippen LogP contribution is -2.53. The van der Waals surface area contributed by atoms with Gasteiger partial charge in [0.05, 0.1) is 10.5 Å². The van der Waals surface area contributed by atoms with Crippen LogP contribution in [0.4, 0.5) is 20.2 Å². The van der Waals surface area contributed by atoms with E-state index in [0.29, 0.717) is 6.54 Å². The summed E-state index contributed by atoms with van der Waals surface area (Å²) in [5.74, 6) is -2.15. The molecule has 34 heavy (non-hydrogen) atoms. The van der Waals surface area contributed by atoms with Crippen LogP contribution in [0.3, 0.4) is 0 Å². The van der Waals surface area contributed by atoms with Crippen LogP contribution in [0.15, 0.2) is 71.6 Å². The molecule has 1 saturated heterocycles. The van der Waals surface area contributed by atoms with Crippen LogP contribution >= 0.6 is 0 Å². The van der Waals surface area contributed by atoms with Crippen molar-refractivity contribution in [3.05, 3.63) is 89.5 Å². The molecule has 1 atom stereocenters. The maximum absolute atomic E-state index is 14.4. The largest absolute Gasteiger partial charge is 0.366 e. The average Bonchev–Trinajstić information content (AvgIpc) is 2.81. The van der Waals surface area contributed by atoms with Crippen LogP contribution in [0.2, 0.25) is 0 Å². The predicted molar refractivity (Wildman–Crippen MR) is 127 cm³/mol. The molecule has 9 heteroatoms. The highest BCUT2D eigenvalue weighted by atomic mass is 32.2. The van der Waals surface area contributed by atoms with Crippen molar-refractivity contribution >= 4 is 27.3 Å². The van der Waals surface area contributed by atoms with Crippen molar-refractivity contribution in [1.29, 1.82) is 0 Å². The number of halogens is 2. The minimum Gasteiger partial charge on any atom is -0.366 e. The summed E-state index contributed by atoms with van der Waals surface area (Å²) in [5.41, 5.74) is 2.03. The van der Waals surface area contributed by atoms with Gasteiger partial charge in [0.25, 0.3) is 5.91 Å². The third-order valence-electron chi connectivity index (χ3n) is 5.88. The van der Waals surface area contributed by atoms with Gasteiger partial charge in [0.2, 0.25) is 10.0 Å². The van der Waals surface area contributed by atoms with Crippen LogP contribution in [0.25, 0.3) is 0 Å². The highest BCUT2D eigenvalue weighted by Crippen LogP contribution is 2.26. The van der Waals surface area contributed by atoms with Crippen LogP contribution in [-0.2, 0) is 10.0 Å². The smallest absolute Gasteiger partial charge is 0.258 e. The zero-order valence-corrected chi connectivity index (χ0v) is 19.6. The van der Waals surface area contributed by atoms with E-state index in [9.17, 15) is 22.0 Å². The first-order chi connectivity index (χ1) is 16.1. The van der Waals surface area contributed by atoms with E-state index in [-0.39, 0.29) is 29.7 Å². The molecule has 0 saturated carbocycles. The van der Waals surface area contributed by atoms with Crippen LogP contribution in [0.1, 0.15) is 22.8 Å². The van der Waals surface area contributed by atoms with Crippen LogP contribution < -0.4 is 10.2 Å². The molecule has 0 aliphatic carbocycles. The first kappa shape index (κ1) is 23.8. The highest BCUT2D eigenvalue weighted by Gasteiger charge is 2.33. The highest BCUT2D eigenvalue weighted by molar-refractivity contribution is 7.89. The molecule has 178 valence electrons. The van der Waals surface area contributed by atoms with Gasteiger partial charge < -0.3 is 10.2 Å². The van der Waals surface area contributed by atoms with E-state index in [4.69, 9.17) is 0 Å². The second-order valence-electron chi connectivity index (χ2n) is 8.34. The maximum Gasteiger partial charge on any atom is 0.258 e. The zero-order chi connectivity index (χ0) is 24.5. The Hall–Kier alpha value is -3.30. The van der Waals surface area contributed by atoms with Crippen molar-refractivity contribution in [2.24, 2.45) is 0 Å². The number of anilines is 2. The number of nitrogens with zero attached hydrogens (tertiary/aromatic N) is 2. The van der Waals surface area contributed by atoms with Gasteiger partial charge in [-0.15, -0.1) is 0 Å². The molecular weight excluding hydrogens is 460 g/mol. The summed E-state index contributed by atoms with van der Waals surface area (Å²) in [6, 6.07) is 16.1. The molecule has 1 N–H and O–H groups in total. The molecule has 1 aliphatic heterocycles. The van der Waals surface area contributed by atoms with E-state index in [2.05, 4.69) is 10.2 Å². The van der Waals surface area contributed by atoms with Gasteiger partial charge in [-0.3, -0.25) is 4.79 Å². The Morgan fingerprint density at radius 1 is 0.971 bits per heavy atom. The van der Waals surface area contributed by atoms with Gasteiger partial charge in [-0.05, 0) is 68.4 Å². The minimum atomic E-state index is -3.95. The number of piperazine rings is 1. The third-order valence-corrected chi connectivity index (χ3v) is 7.74. The van der Waals surface area contributed by atoms with Crippen molar-refractivity contribution in [3.8, 4) is 0 Å². The van der Waals surface area contributed by atoms with Gasteiger partial charge in [-0.1, -0.05) is 17.7 Å². The lowest BCUT2D eigenvalue weighted by atomic mass is 10.1. The number of aryl methyl sites for hydroxylation is 1. The summed E-state index contributed by atoms with van der Waals surface area (Å²) >= 11 is 0. The Morgan fingerprint density at radius 2 is 1.65 bits per heavy atom. The number of amides is 1. The monoisotopic (exact) mass is 485 g/mol. The Kier molecular flexibility index (Phi) is 6.67. The molecule has 1 amide bonds. The SMILES string of the molecule is Cc1ccc(N2CCN(S(=O)(=O)c3ccc(F)c(C(=O)Nc4ccc(F)cc4)c3)CC2C)cc1. The standard InChI is InChI=1S/C25H25F2N3O3S/c1-17-3-9-21(10-4-17)30-14-13-29(16-18(30)2)34(32,33)22-11-12-24(27)23(15-22)25(31)28-20-7-5-19(26)6-8-20/h3-12,15,18H,13-14,16H2,1-2H3,(H,28,31). The summed E-state index contributed by atoms with van der Waals surface area (Å²) in [7, 11) is -3.95. The topological polar surface area (TPSA) is 69.7 Å². The van der Waals surface area contributed by atoms with Crippen LogP contribution in [0, 0.1) is 18.6 Å². The molecule has 1 aliphatic rings. The molecule has 0 radical (unpaired) electrons. The molecule has 0 aromatic heterocycles. The molecule has 6 nitrogen and oxygen atoms in total. The quantitative estimate of drug-likeness (QED) is 0.581. The minimum absolute atomic E-state index is 0.0760. The summed E-state index contributed by atoms with van der Waals surface area (Å²) in [5, 5.41) is 2.46. The molecular formula is C25H25F2N3O3S. The normalized spacial score (nSPS) is 16.9. The van der Waals surface area contributed by atoms with Gasteiger partial charge in [0.1, 0.15) is 11.6 Å². The Labute approximate surface area is 197 Å². The molecule has 3 aromatic carbocycles. The fraction of sp³-hybridized carbons (Fsp3) is 0.240. The van der Waals surface area contributed by atoms with Gasteiger partial charge in [-0.2, -0.15) is 4.31 Å². The van der Waals surface area contributed by atoms with Gasteiger partial charge >= 0.3 is 0 Å². The van der Waals surface area contributed by atoms with Crippen molar-refractivity contribution in [2.75, 3.05) is 29.9 Å². The van der Waals surface area contributed by atoms with Crippen molar-refractivity contribution < 1.29 is 22.0 Å². The van der Waals surface area contributed by atoms with E-state index in [1.807, 2.05) is 38.1 Å². The Morgan fingerprint density at radius 3 is 2.29 bits per heavy atom. The van der Waals surface area contributed by atoms with E-state index in [0.717, 1.165) is 41.6 Å². The number of sulfonamides is 1. The number of carbonyl (C=O) groups excluding carboxylic acids is 1. The predicted octanol–water partition coefficient (Wildman–Crippen LogP) is 4.42. The Bertz CT molecular complexity index is 1300. The van der Waals surface area contributed by atoms with Gasteiger partial charge in [0.15, 0.2) is 0 Å². The summed E-state index contributed by atoms with van der Waals surface area (Å²) in [6.45, 7) is 4.98. The van der Waals surface area contributed by atoms with Crippen LogP contribution in [-0.4, -0.2) is 44.3 Å². The molecule has 1 fully saturated rings. The molecule has 0 bridgehead atoms. The number of hydrogen-bond donors (Lipinski definition) is 1. The number of carbonyl (C=O) groups is 1. The molecule has 4 rings (SSSR count). The molecule has 1 heterocycles. The maximum atomic E-state index is 14.4. The summed E-state index contributed by atoms with van der Waals surface area (Å²) < 4.78 is 55.5. The van der Waals surface area contributed by atoms with E-state index < -0.39 is 33.1 Å². The fourth-order valence-electron chi connectivity index (χ4n) is 3.98. The number of nitrogens with one attached hydrogen (secondary N) is 1.